The predicted molar refractivity (Wildman–Crippen MR) is 74.0 cm³/mol. The Morgan fingerprint density at radius 1 is 1.33 bits per heavy atom. The van der Waals surface area contributed by atoms with Crippen LogP contribution in [0.5, 0.6) is 0 Å². The molecule has 0 radical (unpaired) electrons. The number of ketones is 1. The van der Waals surface area contributed by atoms with Crippen LogP contribution in [-0.2, 0) is 4.74 Å². The van der Waals surface area contributed by atoms with Crippen LogP contribution in [0.2, 0.25) is 0 Å². The van der Waals surface area contributed by atoms with E-state index in [-0.39, 0.29) is 18.0 Å². The SMILES string of the molecule is C[C@H]1C[NH+](CC(=O)c2ccccc2Br)C[C@H](C)O1. The van der Waals surface area contributed by atoms with Gasteiger partial charge in [-0.25, -0.2) is 0 Å². The molecule has 0 bridgehead atoms. The van der Waals surface area contributed by atoms with Crippen LogP contribution in [0.15, 0.2) is 28.7 Å². The molecular weight excluding hydrogens is 294 g/mol. The van der Waals surface area contributed by atoms with Gasteiger partial charge in [0.1, 0.15) is 31.8 Å². The Labute approximate surface area is 116 Å². The van der Waals surface area contributed by atoms with Gasteiger partial charge in [0.25, 0.3) is 0 Å². The summed E-state index contributed by atoms with van der Waals surface area (Å²) in [4.78, 5) is 13.6. The molecule has 0 saturated carbocycles. The van der Waals surface area contributed by atoms with Gasteiger partial charge in [0.2, 0.25) is 5.78 Å². The average Bonchev–Trinajstić information content (AvgIpc) is 2.27. The summed E-state index contributed by atoms with van der Waals surface area (Å²) in [6.07, 6.45) is 0.464. The summed E-state index contributed by atoms with van der Waals surface area (Å²) in [5.41, 5.74) is 0.775. The molecule has 0 spiro atoms. The number of benzene rings is 1. The summed E-state index contributed by atoms with van der Waals surface area (Å²) in [7, 11) is 0. The van der Waals surface area contributed by atoms with Crippen molar-refractivity contribution in [1.82, 2.24) is 0 Å². The molecule has 1 aromatic carbocycles. The van der Waals surface area contributed by atoms with E-state index < -0.39 is 0 Å². The molecule has 1 aliphatic heterocycles. The highest BCUT2D eigenvalue weighted by Gasteiger charge is 2.27. The highest BCUT2D eigenvalue weighted by molar-refractivity contribution is 9.10. The first kappa shape index (κ1) is 13.7. The van der Waals surface area contributed by atoms with Crippen molar-refractivity contribution in [3.05, 3.63) is 34.3 Å². The minimum atomic E-state index is 0.193. The number of hydrogen-bond acceptors (Lipinski definition) is 2. The molecule has 0 aromatic heterocycles. The first-order valence-electron chi connectivity index (χ1n) is 6.33. The van der Waals surface area contributed by atoms with Crippen LogP contribution in [0, 0.1) is 0 Å². The molecule has 1 fully saturated rings. The van der Waals surface area contributed by atoms with E-state index in [1.807, 2.05) is 24.3 Å². The zero-order valence-corrected chi connectivity index (χ0v) is 12.4. The molecule has 4 heteroatoms. The number of ether oxygens (including phenoxy) is 1. The number of carbonyl (C=O) groups excluding carboxylic acids is 1. The Balaban J connectivity index is 2.01. The van der Waals surface area contributed by atoms with Crippen LogP contribution in [0.25, 0.3) is 0 Å². The smallest absolute Gasteiger partial charge is 0.217 e. The number of rotatable bonds is 3. The van der Waals surface area contributed by atoms with Gasteiger partial charge in [-0.3, -0.25) is 4.79 Å². The van der Waals surface area contributed by atoms with Gasteiger partial charge in [0, 0.05) is 10.0 Å². The van der Waals surface area contributed by atoms with Crippen molar-refractivity contribution in [3.63, 3.8) is 0 Å². The van der Waals surface area contributed by atoms with Crippen molar-refractivity contribution in [3.8, 4) is 0 Å². The Hall–Kier alpha value is -0.710. The first-order chi connectivity index (χ1) is 8.56. The molecule has 98 valence electrons. The second kappa shape index (κ2) is 5.95. The number of morpholine rings is 1. The lowest BCUT2D eigenvalue weighted by molar-refractivity contribution is -0.906. The highest BCUT2D eigenvalue weighted by Crippen LogP contribution is 2.15. The van der Waals surface area contributed by atoms with Crippen molar-refractivity contribution < 1.29 is 14.4 Å². The standard InChI is InChI=1S/C14H18BrNO2/c1-10-7-16(8-11(2)18-10)9-14(17)12-5-3-4-6-13(12)15/h3-6,10-11H,7-9H2,1-2H3/p+1/t10-,11-/m0/s1. The van der Waals surface area contributed by atoms with Gasteiger partial charge in [-0.2, -0.15) is 0 Å². The largest absolute Gasteiger partial charge is 0.364 e. The quantitative estimate of drug-likeness (QED) is 0.854. The summed E-state index contributed by atoms with van der Waals surface area (Å²) in [5, 5.41) is 0. The third-order valence-corrected chi connectivity index (χ3v) is 3.89. The van der Waals surface area contributed by atoms with E-state index in [9.17, 15) is 4.79 Å². The monoisotopic (exact) mass is 312 g/mol. The zero-order chi connectivity index (χ0) is 13.1. The molecule has 1 aliphatic rings. The summed E-state index contributed by atoms with van der Waals surface area (Å²) >= 11 is 3.43. The second-order valence-corrected chi connectivity index (χ2v) is 5.85. The van der Waals surface area contributed by atoms with Crippen LogP contribution >= 0.6 is 15.9 Å². The number of hydrogen-bond donors (Lipinski definition) is 1. The third kappa shape index (κ3) is 3.40. The number of carbonyl (C=O) groups is 1. The van der Waals surface area contributed by atoms with Crippen molar-refractivity contribution in [2.24, 2.45) is 0 Å². The van der Waals surface area contributed by atoms with E-state index >= 15 is 0 Å². The lowest BCUT2D eigenvalue weighted by Gasteiger charge is -2.32. The molecule has 1 heterocycles. The number of Topliss-reactive ketones (excluding diaryl/α,β-unsaturated/α-hetero) is 1. The Kier molecular flexibility index (Phi) is 4.54. The number of nitrogens with one attached hydrogen (secondary N) is 1. The topological polar surface area (TPSA) is 30.7 Å². The van der Waals surface area contributed by atoms with E-state index in [1.165, 1.54) is 4.90 Å². The van der Waals surface area contributed by atoms with E-state index in [4.69, 9.17) is 4.74 Å². The summed E-state index contributed by atoms with van der Waals surface area (Å²) in [5.74, 6) is 0.193. The van der Waals surface area contributed by atoms with Gasteiger partial charge < -0.3 is 9.64 Å². The first-order valence-corrected chi connectivity index (χ1v) is 7.12. The Morgan fingerprint density at radius 3 is 2.56 bits per heavy atom. The lowest BCUT2D eigenvalue weighted by atomic mass is 10.1. The fraction of sp³-hybridized carbons (Fsp3) is 0.500. The maximum Gasteiger partial charge on any atom is 0.217 e. The van der Waals surface area contributed by atoms with Gasteiger partial charge >= 0.3 is 0 Å². The van der Waals surface area contributed by atoms with Gasteiger partial charge in [-0.15, -0.1) is 0 Å². The van der Waals surface area contributed by atoms with Gasteiger partial charge in [-0.05, 0) is 19.9 Å². The zero-order valence-electron chi connectivity index (χ0n) is 10.8. The minimum Gasteiger partial charge on any atom is -0.364 e. The van der Waals surface area contributed by atoms with Crippen molar-refractivity contribution >= 4 is 21.7 Å². The fourth-order valence-corrected chi connectivity index (χ4v) is 3.05. The number of quaternary nitrogens is 1. The molecule has 2 atom stereocenters. The van der Waals surface area contributed by atoms with Gasteiger partial charge in [0.15, 0.2) is 0 Å². The summed E-state index contributed by atoms with van der Waals surface area (Å²) in [6, 6.07) is 7.61. The molecule has 1 N–H and O–H groups in total. The van der Waals surface area contributed by atoms with Crippen molar-refractivity contribution in [2.45, 2.75) is 26.1 Å². The average molecular weight is 313 g/mol. The molecule has 0 amide bonds. The maximum atomic E-state index is 12.3. The third-order valence-electron chi connectivity index (χ3n) is 3.20. The van der Waals surface area contributed by atoms with Crippen LogP contribution in [0.3, 0.4) is 0 Å². The van der Waals surface area contributed by atoms with Crippen LogP contribution < -0.4 is 4.90 Å². The molecule has 3 nitrogen and oxygen atoms in total. The molecule has 0 unspecified atom stereocenters. The van der Waals surface area contributed by atoms with Crippen LogP contribution in [0.4, 0.5) is 0 Å². The molecule has 18 heavy (non-hydrogen) atoms. The van der Waals surface area contributed by atoms with Crippen molar-refractivity contribution in [2.75, 3.05) is 19.6 Å². The second-order valence-electron chi connectivity index (χ2n) is 5.00. The van der Waals surface area contributed by atoms with Crippen LogP contribution in [-0.4, -0.2) is 37.6 Å². The van der Waals surface area contributed by atoms with E-state index in [0.29, 0.717) is 6.54 Å². The predicted octanol–water partition coefficient (Wildman–Crippen LogP) is 1.32. The molecule has 1 aromatic rings. The molecular formula is C14H19BrNO2+. The minimum absolute atomic E-state index is 0.193. The van der Waals surface area contributed by atoms with E-state index in [2.05, 4.69) is 29.8 Å². The fourth-order valence-electron chi connectivity index (χ4n) is 2.54. The summed E-state index contributed by atoms with van der Waals surface area (Å²) in [6.45, 7) is 6.48. The van der Waals surface area contributed by atoms with Crippen LogP contribution in [0.1, 0.15) is 24.2 Å². The van der Waals surface area contributed by atoms with E-state index in [0.717, 1.165) is 23.1 Å². The lowest BCUT2D eigenvalue weighted by Crippen LogP contribution is -3.16. The van der Waals surface area contributed by atoms with Crippen molar-refractivity contribution in [1.29, 1.82) is 0 Å². The normalized spacial score (nSPS) is 28.1. The van der Waals surface area contributed by atoms with Gasteiger partial charge in [-0.1, -0.05) is 34.1 Å². The Morgan fingerprint density at radius 2 is 1.94 bits per heavy atom. The molecule has 2 rings (SSSR count). The van der Waals surface area contributed by atoms with E-state index in [1.54, 1.807) is 0 Å². The van der Waals surface area contributed by atoms with Gasteiger partial charge in [0.05, 0.1) is 0 Å². The highest BCUT2D eigenvalue weighted by atomic mass is 79.9. The summed E-state index contributed by atoms with van der Waals surface area (Å²) < 4.78 is 6.56. The Bertz CT molecular complexity index is 426. The maximum absolute atomic E-state index is 12.3. The number of halogens is 1. The molecule has 1 saturated heterocycles. The molecule has 0 aliphatic carbocycles.